The molecule has 1 heterocycles. The first-order chi connectivity index (χ1) is 7.97. The second kappa shape index (κ2) is 5.27. The number of hydrogen-bond donors (Lipinski definition) is 0. The molecule has 0 radical (unpaired) electrons. The minimum Gasteiger partial charge on any atom is -0.304 e. The fraction of sp³-hybridized carbons (Fsp3) is 1.00. The van der Waals surface area contributed by atoms with Gasteiger partial charge < -0.3 is 4.90 Å². The first-order valence-electron chi connectivity index (χ1n) is 7.39. The first-order valence-corrected chi connectivity index (χ1v) is 7.39. The van der Waals surface area contributed by atoms with Crippen molar-refractivity contribution in [1.29, 1.82) is 0 Å². The van der Waals surface area contributed by atoms with Crippen molar-refractivity contribution >= 4 is 0 Å². The van der Waals surface area contributed by atoms with Crippen LogP contribution in [0.1, 0.15) is 46.5 Å². The molecule has 1 saturated heterocycles. The van der Waals surface area contributed by atoms with E-state index in [-0.39, 0.29) is 0 Å². The van der Waals surface area contributed by atoms with E-state index in [1.165, 1.54) is 51.9 Å². The topological polar surface area (TPSA) is 6.48 Å². The van der Waals surface area contributed by atoms with Gasteiger partial charge in [0.2, 0.25) is 0 Å². The predicted octanol–water partition coefficient (Wildman–Crippen LogP) is 2.84. The summed E-state index contributed by atoms with van der Waals surface area (Å²) >= 11 is 0. The van der Waals surface area contributed by atoms with Crippen LogP contribution in [0.15, 0.2) is 0 Å². The quantitative estimate of drug-likeness (QED) is 0.693. The van der Waals surface area contributed by atoms with Crippen molar-refractivity contribution in [2.45, 2.75) is 52.5 Å². The lowest BCUT2D eigenvalue weighted by Crippen LogP contribution is -2.50. The SMILES string of the molecule is CN1CCN([C@H]2CC[C@H](C(C)(C)C)CC2)CC1. The summed E-state index contributed by atoms with van der Waals surface area (Å²) in [5.74, 6) is 0.950. The maximum Gasteiger partial charge on any atom is 0.0113 e. The number of piperazine rings is 1. The van der Waals surface area contributed by atoms with Gasteiger partial charge in [0.1, 0.15) is 0 Å². The molecule has 2 heteroatoms. The Bertz CT molecular complexity index is 228. The molecule has 0 aromatic rings. The van der Waals surface area contributed by atoms with Gasteiger partial charge in [0, 0.05) is 32.2 Å². The van der Waals surface area contributed by atoms with Gasteiger partial charge in [-0.3, -0.25) is 4.90 Å². The zero-order valence-electron chi connectivity index (χ0n) is 12.2. The van der Waals surface area contributed by atoms with Crippen molar-refractivity contribution in [2.24, 2.45) is 11.3 Å². The molecule has 0 N–H and O–H groups in total. The van der Waals surface area contributed by atoms with Crippen LogP contribution in [0.4, 0.5) is 0 Å². The van der Waals surface area contributed by atoms with Gasteiger partial charge in [-0.1, -0.05) is 20.8 Å². The van der Waals surface area contributed by atoms with Crippen molar-refractivity contribution < 1.29 is 0 Å². The molecule has 0 bridgehead atoms. The summed E-state index contributed by atoms with van der Waals surface area (Å²) in [5, 5.41) is 0. The van der Waals surface area contributed by atoms with Gasteiger partial charge >= 0.3 is 0 Å². The zero-order valence-corrected chi connectivity index (χ0v) is 12.2. The minimum absolute atomic E-state index is 0.521. The van der Waals surface area contributed by atoms with Crippen LogP contribution >= 0.6 is 0 Å². The highest BCUT2D eigenvalue weighted by atomic mass is 15.3. The average molecular weight is 238 g/mol. The third kappa shape index (κ3) is 3.45. The van der Waals surface area contributed by atoms with Crippen molar-refractivity contribution in [3.05, 3.63) is 0 Å². The second-order valence-electron chi connectivity index (χ2n) is 7.21. The molecule has 0 amide bonds. The van der Waals surface area contributed by atoms with E-state index in [0.717, 1.165) is 12.0 Å². The maximum absolute atomic E-state index is 2.75. The number of nitrogens with zero attached hydrogens (tertiary/aromatic N) is 2. The minimum atomic E-state index is 0.521. The van der Waals surface area contributed by atoms with E-state index in [2.05, 4.69) is 37.6 Å². The Morgan fingerprint density at radius 1 is 0.824 bits per heavy atom. The number of likely N-dealkylation sites (N-methyl/N-ethyl adjacent to an activating group) is 1. The molecule has 1 aliphatic heterocycles. The molecular weight excluding hydrogens is 208 g/mol. The lowest BCUT2D eigenvalue weighted by Gasteiger charge is -2.43. The molecular formula is C15H30N2. The van der Waals surface area contributed by atoms with Crippen molar-refractivity contribution in [1.82, 2.24) is 9.80 Å². The van der Waals surface area contributed by atoms with E-state index in [1.54, 1.807) is 0 Å². The molecule has 2 rings (SSSR count). The summed E-state index contributed by atoms with van der Waals surface area (Å²) in [6, 6.07) is 0.891. The fourth-order valence-corrected chi connectivity index (χ4v) is 3.49. The third-order valence-electron chi connectivity index (χ3n) is 4.98. The molecule has 1 saturated carbocycles. The highest BCUT2D eigenvalue weighted by molar-refractivity contribution is 4.86. The molecule has 1 aliphatic carbocycles. The Hall–Kier alpha value is -0.0800. The number of hydrogen-bond acceptors (Lipinski definition) is 2. The van der Waals surface area contributed by atoms with Crippen LogP contribution in [-0.2, 0) is 0 Å². The van der Waals surface area contributed by atoms with Crippen LogP contribution in [0, 0.1) is 11.3 Å². The summed E-state index contributed by atoms with van der Waals surface area (Å²) in [6.07, 6.45) is 5.76. The zero-order chi connectivity index (χ0) is 12.5. The Kier molecular flexibility index (Phi) is 4.14. The summed E-state index contributed by atoms with van der Waals surface area (Å²) in [7, 11) is 2.24. The van der Waals surface area contributed by atoms with E-state index < -0.39 is 0 Å². The van der Waals surface area contributed by atoms with E-state index in [1.807, 2.05) is 0 Å². The molecule has 2 nitrogen and oxygen atoms in total. The molecule has 0 unspecified atom stereocenters. The van der Waals surface area contributed by atoms with Crippen molar-refractivity contribution in [3.8, 4) is 0 Å². The van der Waals surface area contributed by atoms with Gasteiger partial charge in [-0.2, -0.15) is 0 Å². The van der Waals surface area contributed by atoms with Gasteiger partial charge in [-0.15, -0.1) is 0 Å². The highest BCUT2D eigenvalue weighted by Crippen LogP contribution is 2.39. The highest BCUT2D eigenvalue weighted by Gasteiger charge is 2.32. The Balaban J connectivity index is 1.79. The Labute approximate surface area is 107 Å². The van der Waals surface area contributed by atoms with Gasteiger partial charge in [0.15, 0.2) is 0 Å². The average Bonchev–Trinajstić information content (AvgIpc) is 2.29. The lowest BCUT2D eigenvalue weighted by molar-refractivity contribution is 0.0619. The first kappa shape index (κ1) is 13.4. The van der Waals surface area contributed by atoms with E-state index in [9.17, 15) is 0 Å². The maximum atomic E-state index is 2.75. The van der Waals surface area contributed by atoms with Crippen LogP contribution < -0.4 is 0 Å². The summed E-state index contributed by atoms with van der Waals surface area (Å²) in [6.45, 7) is 12.3. The monoisotopic (exact) mass is 238 g/mol. The molecule has 100 valence electrons. The standard InChI is InChI=1S/C15H30N2/c1-15(2,3)13-5-7-14(8-6-13)17-11-9-16(4)10-12-17/h13-14H,5-12H2,1-4H3/t13-,14-. The summed E-state index contributed by atoms with van der Waals surface area (Å²) in [5.41, 5.74) is 0.521. The molecule has 2 aliphatic rings. The Morgan fingerprint density at radius 2 is 1.35 bits per heavy atom. The molecule has 2 fully saturated rings. The van der Waals surface area contributed by atoms with Crippen LogP contribution in [0.5, 0.6) is 0 Å². The Morgan fingerprint density at radius 3 is 1.82 bits per heavy atom. The molecule has 0 aromatic carbocycles. The van der Waals surface area contributed by atoms with E-state index >= 15 is 0 Å². The normalized spacial score (nSPS) is 33.9. The molecule has 0 atom stereocenters. The smallest absolute Gasteiger partial charge is 0.0113 e. The van der Waals surface area contributed by atoms with Gasteiger partial charge in [0.25, 0.3) is 0 Å². The summed E-state index contributed by atoms with van der Waals surface area (Å²) in [4.78, 5) is 5.20. The lowest BCUT2D eigenvalue weighted by atomic mass is 9.71. The third-order valence-corrected chi connectivity index (χ3v) is 4.98. The van der Waals surface area contributed by atoms with Gasteiger partial charge in [-0.25, -0.2) is 0 Å². The summed E-state index contributed by atoms with van der Waals surface area (Å²) < 4.78 is 0. The molecule has 0 aromatic heterocycles. The second-order valence-corrected chi connectivity index (χ2v) is 7.21. The van der Waals surface area contributed by atoms with Gasteiger partial charge in [0.05, 0.1) is 0 Å². The fourth-order valence-electron chi connectivity index (χ4n) is 3.49. The van der Waals surface area contributed by atoms with E-state index in [0.29, 0.717) is 5.41 Å². The number of rotatable bonds is 1. The van der Waals surface area contributed by atoms with Crippen LogP contribution in [0.25, 0.3) is 0 Å². The van der Waals surface area contributed by atoms with E-state index in [4.69, 9.17) is 0 Å². The van der Waals surface area contributed by atoms with Crippen LogP contribution in [-0.4, -0.2) is 49.1 Å². The predicted molar refractivity (Wildman–Crippen MR) is 74.3 cm³/mol. The molecule has 17 heavy (non-hydrogen) atoms. The van der Waals surface area contributed by atoms with Crippen LogP contribution in [0.2, 0.25) is 0 Å². The van der Waals surface area contributed by atoms with Gasteiger partial charge in [-0.05, 0) is 44.1 Å². The largest absolute Gasteiger partial charge is 0.304 e. The van der Waals surface area contributed by atoms with Crippen molar-refractivity contribution in [2.75, 3.05) is 33.2 Å². The van der Waals surface area contributed by atoms with Crippen LogP contribution in [0.3, 0.4) is 0 Å². The molecule has 0 spiro atoms. The van der Waals surface area contributed by atoms with Crippen molar-refractivity contribution in [3.63, 3.8) is 0 Å².